The van der Waals surface area contributed by atoms with Gasteiger partial charge in [0.2, 0.25) is 5.82 Å². The molecule has 1 aliphatic heterocycles. The molecular weight excluding hydrogens is 506 g/mol. The van der Waals surface area contributed by atoms with Gasteiger partial charge in [0.25, 0.3) is 0 Å². The molecule has 1 heterocycles. The molecule has 2 unspecified atom stereocenters. The van der Waals surface area contributed by atoms with Crippen molar-refractivity contribution < 1.29 is 35.8 Å². The average Bonchev–Trinajstić information content (AvgIpc) is 2.91. The fraction of sp³-hybridized carbons (Fsp3) is 0.400. The maximum Gasteiger partial charge on any atom is 0.201 e. The van der Waals surface area contributed by atoms with Crippen molar-refractivity contribution >= 4 is 0 Å². The molecule has 38 heavy (non-hydrogen) atoms. The Balaban J connectivity index is 1.49. The van der Waals surface area contributed by atoms with Crippen LogP contribution in [0.4, 0.5) is 26.3 Å². The lowest BCUT2D eigenvalue weighted by Gasteiger charge is -2.29. The number of halogens is 6. The minimum Gasteiger partial charge on any atom is -0.491 e. The number of ether oxygens (including phenoxy) is 2. The number of hydrogen-bond acceptors (Lipinski definition) is 2. The van der Waals surface area contributed by atoms with E-state index < -0.39 is 46.0 Å². The standard InChI is InChI=1S/C30H30F6O2/c1-3-5-20-11-8-19(16-38-20)21-12-9-17(25(31)27(21)33)6-7-18-10-13-22(28(34)26(18)32)23-14-15-24(37-4-2)30(36)29(23)35/h9-10,12-15,19-20H,3-8,11,16H2,1-2H3. The molecule has 3 aromatic rings. The smallest absolute Gasteiger partial charge is 0.201 e. The predicted molar refractivity (Wildman–Crippen MR) is 133 cm³/mol. The molecule has 0 saturated carbocycles. The molecule has 0 bridgehead atoms. The second-order valence-electron chi connectivity index (χ2n) is 9.53. The summed E-state index contributed by atoms with van der Waals surface area (Å²) in [6, 6.07) is 7.63. The fourth-order valence-corrected chi connectivity index (χ4v) is 4.98. The maximum atomic E-state index is 14.9. The van der Waals surface area contributed by atoms with Gasteiger partial charge in [0, 0.05) is 17.0 Å². The van der Waals surface area contributed by atoms with Crippen molar-refractivity contribution in [2.45, 2.75) is 64.4 Å². The first-order valence-electron chi connectivity index (χ1n) is 12.9. The molecule has 0 aromatic heterocycles. The fourth-order valence-electron chi connectivity index (χ4n) is 4.98. The predicted octanol–water partition coefficient (Wildman–Crippen LogP) is 8.43. The Bertz CT molecular complexity index is 1280. The van der Waals surface area contributed by atoms with Crippen LogP contribution in [0, 0.1) is 34.9 Å². The van der Waals surface area contributed by atoms with E-state index in [0.29, 0.717) is 13.0 Å². The van der Waals surface area contributed by atoms with Crippen LogP contribution in [-0.4, -0.2) is 19.3 Å². The third-order valence-electron chi connectivity index (χ3n) is 7.08. The van der Waals surface area contributed by atoms with E-state index in [2.05, 4.69) is 6.92 Å². The van der Waals surface area contributed by atoms with Crippen LogP contribution in [0.15, 0.2) is 36.4 Å². The van der Waals surface area contributed by atoms with Gasteiger partial charge in [-0.15, -0.1) is 0 Å². The quantitative estimate of drug-likeness (QED) is 0.256. The lowest BCUT2D eigenvalue weighted by atomic mass is 9.89. The van der Waals surface area contributed by atoms with E-state index >= 15 is 0 Å². The summed E-state index contributed by atoms with van der Waals surface area (Å²) >= 11 is 0. The highest BCUT2D eigenvalue weighted by atomic mass is 19.2. The third kappa shape index (κ3) is 5.70. The highest BCUT2D eigenvalue weighted by Gasteiger charge is 2.27. The highest BCUT2D eigenvalue weighted by Crippen LogP contribution is 2.35. The monoisotopic (exact) mass is 536 g/mol. The van der Waals surface area contributed by atoms with Gasteiger partial charge < -0.3 is 9.47 Å². The maximum absolute atomic E-state index is 14.9. The Morgan fingerprint density at radius 2 is 1.32 bits per heavy atom. The first kappa shape index (κ1) is 28.0. The Kier molecular flexibility index (Phi) is 9.03. The Morgan fingerprint density at radius 1 is 0.711 bits per heavy atom. The van der Waals surface area contributed by atoms with Gasteiger partial charge in [-0.3, -0.25) is 0 Å². The van der Waals surface area contributed by atoms with Gasteiger partial charge in [0.15, 0.2) is 34.8 Å². The van der Waals surface area contributed by atoms with Gasteiger partial charge in [-0.05, 0) is 67.9 Å². The van der Waals surface area contributed by atoms with E-state index in [1.54, 1.807) is 6.92 Å². The number of benzene rings is 3. The van der Waals surface area contributed by atoms with Crippen LogP contribution >= 0.6 is 0 Å². The van der Waals surface area contributed by atoms with Crippen molar-refractivity contribution in [2.75, 3.05) is 13.2 Å². The Hall–Kier alpha value is -3.00. The molecule has 0 spiro atoms. The average molecular weight is 537 g/mol. The summed E-state index contributed by atoms with van der Waals surface area (Å²) in [6.07, 6.45) is 3.37. The van der Waals surface area contributed by atoms with Crippen molar-refractivity contribution in [2.24, 2.45) is 0 Å². The molecule has 3 aromatic carbocycles. The van der Waals surface area contributed by atoms with Crippen molar-refractivity contribution in [1.82, 2.24) is 0 Å². The molecule has 0 N–H and O–H groups in total. The summed E-state index contributed by atoms with van der Waals surface area (Å²) in [5.74, 6) is -7.79. The first-order valence-corrected chi connectivity index (χ1v) is 12.9. The largest absolute Gasteiger partial charge is 0.491 e. The van der Waals surface area contributed by atoms with Gasteiger partial charge in [0.1, 0.15) is 0 Å². The zero-order chi connectivity index (χ0) is 27.4. The van der Waals surface area contributed by atoms with Crippen LogP contribution in [0.2, 0.25) is 0 Å². The molecule has 0 aliphatic carbocycles. The van der Waals surface area contributed by atoms with E-state index in [9.17, 15) is 26.3 Å². The molecule has 4 rings (SSSR count). The van der Waals surface area contributed by atoms with E-state index in [1.165, 1.54) is 18.2 Å². The van der Waals surface area contributed by atoms with Gasteiger partial charge in [0.05, 0.1) is 19.3 Å². The lowest BCUT2D eigenvalue weighted by molar-refractivity contribution is -0.00183. The molecule has 204 valence electrons. The minimum absolute atomic E-state index is 0.0374. The topological polar surface area (TPSA) is 18.5 Å². The summed E-state index contributed by atoms with van der Waals surface area (Å²) in [4.78, 5) is 0. The molecule has 1 aliphatic rings. The second-order valence-corrected chi connectivity index (χ2v) is 9.53. The molecule has 0 amide bonds. The zero-order valence-corrected chi connectivity index (χ0v) is 21.4. The number of aryl methyl sites for hydroxylation is 2. The van der Waals surface area contributed by atoms with Gasteiger partial charge in [-0.2, -0.15) is 4.39 Å². The number of rotatable bonds is 9. The Labute approximate surface area is 218 Å². The summed E-state index contributed by atoms with van der Waals surface area (Å²) < 4.78 is 99.1. The van der Waals surface area contributed by atoms with Crippen molar-refractivity contribution in [3.63, 3.8) is 0 Å². The van der Waals surface area contributed by atoms with Crippen LogP contribution < -0.4 is 4.74 Å². The molecule has 0 radical (unpaired) electrons. The van der Waals surface area contributed by atoms with E-state index in [0.717, 1.165) is 37.5 Å². The first-order chi connectivity index (χ1) is 18.3. The van der Waals surface area contributed by atoms with Crippen molar-refractivity contribution in [3.05, 3.63) is 88.0 Å². The van der Waals surface area contributed by atoms with Crippen molar-refractivity contribution in [3.8, 4) is 16.9 Å². The minimum atomic E-state index is -1.36. The number of hydrogen-bond donors (Lipinski definition) is 0. The van der Waals surface area contributed by atoms with Crippen molar-refractivity contribution in [1.29, 1.82) is 0 Å². The van der Waals surface area contributed by atoms with E-state index in [-0.39, 0.29) is 53.9 Å². The summed E-state index contributed by atoms with van der Waals surface area (Å²) in [7, 11) is 0. The lowest BCUT2D eigenvalue weighted by Crippen LogP contribution is -2.25. The van der Waals surface area contributed by atoms with Gasteiger partial charge in [-0.1, -0.05) is 37.6 Å². The van der Waals surface area contributed by atoms with Crippen LogP contribution in [0.25, 0.3) is 11.1 Å². The van der Waals surface area contributed by atoms with Gasteiger partial charge in [-0.25, -0.2) is 22.0 Å². The molecule has 2 nitrogen and oxygen atoms in total. The van der Waals surface area contributed by atoms with Crippen LogP contribution in [0.3, 0.4) is 0 Å². The zero-order valence-electron chi connectivity index (χ0n) is 21.4. The molecule has 8 heteroatoms. The van der Waals surface area contributed by atoms with Crippen LogP contribution in [0.1, 0.15) is 62.1 Å². The summed E-state index contributed by atoms with van der Waals surface area (Å²) in [5.41, 5.74) is -0.708. The van der Waals surface area contributed by atoms with Crippen LogP contribution in [0.5, 0.6) is 5.75 Å². The van der Waals surface area contributed by atoms with Crippen LogP contribution in [-0.2, 0) is 17.6 Å². The molecule has 1 fully saturated rings. The molecule has 2 atom stereocenters. The van der Waals surface area contributed by atoms with E-state index in [4.69, 9.17) is 9.47 Å². The summed E-state index contributed by atoms with van der Waals surface area (Å²) in [5, 5.41) is 0. The Morgan fingerprint density at radius 3 is 1.92 bits per heavy atom. The highest BCUT2D eigenvalue weighted by molar-refractivity contribution is 5.66. The van der Waals surface area contributed by atoms with Gasteiger partial charge >= 0.3 is 0 Å². The molecular formula is C30H30F6O2. The third-order valence-corrected chi connectivity index (χ3v) is 7.08. The summed E-state index contributed by atoms with van der Waals surface area (Å²) in [6.45, 7) is 4.10. The molecule has 1 saturated heterocycles. The SMILES string of the molecule is CCCC1CCC(c2ccc(CCc3ccc(-c4ccc(OCC)c(F)c4F)c(F)c3F)c(F)c2F)CO1. The second kappa shape index (κ2) is 12.2. The normalized spacial score (nSPS) is 17.6. The van der Waals surface area contributed by atoms with E-state index in [1.807, 2.05) is 0 Å².